The summed E-state index contributed by atoms with van der Waals surface area (Å²) in [4.78, 5) is 35.7. The molecule has 24 heteroatoms. The number of fused-ring (bicyclic) bond motifs is 1. The SMILES string of the molecule is COP(=O)(OC)OP(=O)(OC)OP(=O)(OC)OCC1OC(n2cnc3c(NCCCCNC(=O)CCCCC(C)=O)ncnc32)C(O)C1O. The molecule has 1 aliphatic heterocycles. The Balaban J connectivity index is 1.56. The van der Waals surface area contributed by atoms with E-state index in [1.54, 1.807) is 0 Å². The average molecular weight is 761 g/mol. The van der Waals surface area contributed by atoms with Gasteiger partial charge in [-0.2, -0.15) is 8.62 Å². The molecule has 6 atom stereocenters. The molecule has 0 aliphatic carbocycles. The number of aliphatic hydroxyl groups excluding tert-OH is 2. The normalized spacial score (nSPS) is 22.1. The number of carbonyl (C=O) groups excluding carboxylic acids is 2. The van der Waals surface area contributed by atoms with Gasteiger partial charge in [-0.1, -0.05) is 0 Å². The number of ether oxygens (including phenoxy) is 1. The minimum atomic E-state index is -4.93. The number of phosphoric ester groups is 2. The molecule has 6 unspecified atom stereocenters. The Kier molecular flexibility index (Phi) is 15.9. The molecule has 1 amide bonds. The zero-order valence-electron chi connectivity index (χ0n) is 27.7. The predicted octanol–water partition coefficient (Wildman–Crippen LogP) is 2.86. The van der Waals surface area contributed by atoms with Crippen LogP contribution in [0.2, 0.25) is 0 Å². The van der Waals surface area contributed by atoms with Crippen LogP contribution in [0.3, 0.4) is 0 Å². The van der Waals surface area contributed by atoms with Gasteiger partial charge < -0.3 is 30.4 Å². The molecule has 1 saturated heterocycles. The number of hydrogen-bond acceptors (Lipinski definition) is 19. The second kappa shape index (κ2) is 18.9. The number of Topliss-reactive ketones (excluding diaryl/α,β-unsaturated/α-hetero) is 1. The van der Waals surface area contributed by atoms with Crippen LogP contribution in [0.25, 0.3) is 11.2 Å². The molecule has 1 fully saturated rings. The van der Waals surface area contributed by atoms with Crippen molar-refractivity contribution in [3.63, 3.8) is 0 Å². The summed E-state index contributed by atoms with van der Waals surface area (Å²) < 4.78 is 78.5. The van der Waals surface area contributed by atoms with Crippen molar-refractivity contribution in [1.82, 2.24) is 24.8 Å². The van der Waals surface area contributed by atoms with Crippen LogP contribution in [0.1, 0.15) is 51.7 Å². The van der Waals surface area contributed by atoms with Crippen LogP contribution in [0.15, 0.2) is 12.7 Å². The van der Waals surface area contributed by atoms with Gasteiger partial charge in [0, 0.05) is 54.4 Å². The van der Waals surface area contributed by atoms with Crippen molar-refractivity contribution >= 4 is 52.1 Å². The third-order valence-corrected chi connectivity index (χ3v) is 12.5. The van der Waals surface area contributed by atoms with Crippen LogP contribution in [0, 0.1) is 0 Å². The smallest absolute Gasteiger partial charge is 0.387 e. The summed E-state index contributed by atoms with van der Waals surface area (Å²) in [6.45, 7) is 1.82. The quantitative estimate of drug-likeness (QED) is 0.0936. The van der Waals surface area contributed by atoms with E-state index in [1.807, 2.05) is 0 Å². The highest BCUT2D eigenvalue weighted by molar-refractivity contribution is 7.67. The summed E-state index contributed by atoms with van der Waals surface area (Å²) in [5.74, 6) is 0.460. The molecule has 2 aromatic rings. The standard InChI is InChI=1S/C25H43N6O15P3/c1-17(32)10-6-7-11-19(33)26-12-8-9-13-27-23-20-24(29-15-28-23)31(16-30-20)25-22(35)21(34)18(44-25)14-43-48(37,41-4)46-49(38,42-5)45-47(36,39-2)40-3/h15-16,18,21-22,25,34-35H,6-14H2,1-5H3,(H,26,33)(H,27,28,29). The molecular weight excluding hydrogens is 717 g/mol. The highest BCUT2D eigenvalue weighted by Gasteiger charge is 2.49. The molecule has 0 spiro atoms. The summed E-state index contributed by atoms with van der Waals surface area (Å²) in [5, 5.41) is 27.5. The second-order valence-corrected chi connectivity index (χ2v) is 16.2. The third-order valence-electron chi connectivity index (χ3n) is 7.06. The number of carbonyl (C=O) groups is 2. The Morgan fingerprint density at radius 3 is 2.14 bits per heavy atom. The minimum absolute atomic E-state index is 0.0553. The zero-order chi connectivity index (χ0) is 36.2. The molecule has 4 N–H and O–H groups in total. The van der Waals surface area contributed by atoms with Gasteiger partial charge in [0.2, 0.25) is 5.91 Å². The highest BCUT2D eigenvalue weighted by atomic mass is 31.3. The number of nitrogens with zero attached hydrogens (tertiary/aromatic N) is 4. The van der Waals surface area contributed by atoms with E-state index in [9.17, 15) is 33.5 Å². The maximum absolute atomic E-state index is 13.1. The van der Waals surface area contributed by atoms with Gasteiger partial charge in [0.15, 0.2) is 23.2 Å². The van der Waals surface area contributed by atoms with Crippen LogP contribution in [-0.2, 0) is 59.3 Å². The van der Waals surface area contributed by atoms with E-state index in [0.29, 0.717) is 62.9 Å². The first-order chi connectivity index (χ1) is 23.2. The second-order valence-electron chi connectivity index (χ2n) is 10.5. The lowest BCUT2D eigenvalue weighted by atomic mass is 10.1. The zero-order valence-corrected chi connectivity index (χ0v) is 30.3. The average Bonchev–Trinajstić information content (AvgIpc) is 3.63. The van der Waals surface area contributed by atoms with E-state index in [4.69, 9.17) is 18.1 Å². The number of imidazole rings is 1. The first kappa shape index (κ1) is 41.2. The number of ketones is 1. The fourth-order valence-electron chi connectivity index (χ4n) is 4.44. The van der Waals surface area contributed by atoms with Crippen LogP contribution in [-0.4, -0.2) is 108 Å². The van der Waals surface area contributed by atoms with Crippen molar-refractivity contribution in [2.75, 3.05) is 53.5 Å². The molecule has 0 bridgehead atoms. The molecule has 278 valence electrons. The molecule has 3 rings (SSSR count). The number of anilines is 1. The Labute approximate surface area is 282 Å². The molecule has 3 heterocycles. The number of rotatable bonds is 23. The van der Waals surface area contributed by atoms with E-state index < -0.39 is 54.6 Å². The lowest BCUT2D eigenvalue weighted by Crippen LogP contribution is -2.33. The Bertz CT molecular complexity index is 1540. The van der Waals surface area contributed by atoms with Crippen molar-refractivity contribution in [3.8, 4) is 0 Å². The van der Waals surface area contributed by atoms with E-state index in [0.717, 1.165) is 28.4 Å². The molecule has 2 aromatic heterocycles. The molecular formula is C25H43N6O15P3. The van der Waals surface area contributed by atoms with E-state index in [1.165, 1.54) is 24.1 Å². The van der Waals surface area contributed by atoms with Gasteiger partial charge in [0.05, 0.1) is 12.9 Å². The summed E-state index contributed by atoms with van der Waals surface area (Å²) >= 11 is 0. The summed E-state index contributed by atoms with van der Waals surface area (Å²) in [6, 6.07) is 0. The number of nitrogens with one attached hydrogen (secondary N) is 2. The lowest BCUT2D eigenvalue weighted by molar-refractivity contribution is -0.121. The van der Waals surface area contributed by atoms with Crippen molar-refractivity contribution in [3.05, 3.63) is 12.7 Å². The largest absolute Gasteiger partial charge is 0.492 e. The fraction of sp³-hybridized carbons (Fsp3) is 0.720. The van der Waals surface area contributed by atoms with Gasteiger partial charge in [-0.25, -0.2) is 28.6 Å². The Morgan fingerprint density at radius 2 is 1.49 bits per heavy atom. The van der Waals surface area contributed by atoms with Crippen LogP contribution < -0.4 is 10.6 Å². The first-order valence-corrected chi connectivity index (χ1v) is 19.4. The van der Waals surface area contributed by atoms with Crippen molar-refractivity contribution in [1.29, 1.82) is 0 Å². The molecule has 0 saturated carbocycles. The minimum Gasteiger partial charge on any atom is -0.387 e. The number of hydrogen-bond donors (Lipinski definition) is 4. The first-order valence-electron chi connectivity index (χ1n) is 15.0. The van der Waals surface area contributed by atoms with Gasteiger partial charge in [0.1, 0.15) is 30.4 Å². The monoisotopic (exact) mass is 760 g/mol. The topological polar surface area (TPSA) is 267 Å². The van der Waals surface area contributed by atoms with Crippen LogP contribution in [0.4, 0.5) is 5.82 Å². The molecule has 0 aromatic carbocycles. The number of aliphatic hydroxyl groups is 2. The van der Waals surface area contributed by atoms with Gasteiger partial charge in [0.25, 0.3) is 0 Å². The van der Waals surface area contributed by atoms with Crippen molar-refractivity contribution < 1.29 is 69.5 Å². The van der Waals surface area contributed by atoms with Crippen molar-refractivity contribution in [2.45, 2.75) is 70.0 Å². The molecule has 49 heavy (non-hydrogen) atoms. The highest BCUT2D eigenvalue weighted by Crippen LogP contribution is 2.72. The van der Waals surface area contributed by atoms with E-state index in [-0.39, 0.29) is 17.3 Å². The van der Waals surface area contributed by atoms with Crippen LogP contribution in [0.5, 0.6) is 0 Å². The number of phosphoric acid groups is 3. The maximum Gasteiger partial charge on any atom is 0.492 e. The number of unbranched alkanes of at least 4 members (excludes halogenated alkanes) is 2. The summed E-state index contributed by atoms with van der Waals surface area (Å²) in [5.41, 5.74) is 0.612. The molecule has 0 radical (unpaired) electrons. The Hall–Kier alpha value is -2.22. The number of amides is 1. The van der Waals surface area contributed by atoms with Gasteiger partial charge in [-0.05, 0) is 32.6 Å². The molecule has 21 nitrogen and oxygen atoms in total. The predicted molar refractivity (Wildman–Crippen MR) is 170 cm³/mol. The van der Waals surface area contributed by atoms with E-state index >= 15 is 0 Å². The molecule has 1 aliphatic rings. The third kappa shape index (κ3) is 11.7. The maximum atomic E-state index is 13.1. The van der Waals surface area contributed by atoms with E-state index in [2.05, 4.69) is 43.5 Å². The fourth-order valence-corrected chi connectivity index (χ4v) is 8.89. The van der Waals surface area contributed by atoms with Crippen LogP contribution >= 0.6 is 23.5 Å². The Morgan fingerprint density at radius 1 is 0.857 bits per heavy atom. The lowest BCUT2D eigenvalue weighted by Gasteiger charge is -2.24. The van der Waals surface area contributed by atoms with Gasteiger partial charge in [-0.3, -0.25) is 32.0 Å². The van der Waals surface area contributed by atoms with Gasteiger partial charge in [-0.15, -0.1) is 0 Å². The van der Waals surface area contributed by atoms with Gasteiger partial charge >= 0.3 is 23.5 Å². The summed E-state index contributed by atoms with van der Waals surface area (Å²) in [6.07, 6.45) is 0.563. The number of aromatic nitrogens is 4. The summed E-state index contributed by atoms with van der Waals surface area (Å²) in [7, 11) is -10.6. The van der Waals surface area contributed by atoms with Crippen molar-refractivity contribution in [2.24, 2.45) is 0 Å².